The van der Waals surface area contributed by atoms with E-state index in [-0.39, 0.29) is 58.6 Å². The molecule has 0 spiro atoms. The van der Waals surface area contributed by atoms with Gasteiger partial charge in [0.05, 0.1) is 31.8 Å². The van der Waals surface area contributed by atoms with Crippen LogP contribution in [-0.4, -0.2) is 74.2 Å². The number of rotatable bonds is 9. The summed E-state index contributed by atoms with van der Waals surface area (Å²) in [6.45, 7) is 19.6. The van der Waals surface area contributed by atoms with Crippen LogP contribution in [0.5, 0.6) is 0 Å². The highest BCUT2D eigenvalue weighted by Crippen LogP contribution is 2.75. The lowest BCUT2D eigenvalue weighted by Gasteiger charge is -2.71. The third kappa shape index (κ3) is 5.39. The number of carboxylic acids is 1. The topological polar surface area (TPSA) is 120 Å². The van der Waals surface area contributed by atoms with Crippen LogP contribution in [0.2, 0.25) is 0 Å². The Morgan fingerprint density at radius 2 is 1.77 bits per heavy atom. The fraction of sp³-hybridized carbons (Fsp3) is 0.872. The molecule has 4 aliphatic carbocycles. The number of esters is 2. The van der Waals surface area contributed by atoms with Crippen molar-refractivity contribution in [1.29, 1.82) is 0 Å². The molecule has 0 aromatic heterocycles. The van der Waals surface area contributed by atoms with Gasteiger partial charge < -0.3 is 29.4 Å². The number of hydrogen-bond acceptors (Lipinski definition) is 8. The quantitative estimate of drug-likeness (QED) is 0.219. The molecule has 2 N–H and O–H groups in total. The van der Waals surface area contributed by atoms with Gasteiger partial charge in [-0.05, 0) is 91.3 Å². The van der Waals surface area contributed by atoms with Gasteiger partial charge in [0.1, 0.15) is 12.2 Å². The van der Waals surface area contributed by atoms with Crippen LogP contribution in [0.3, 0.4) is 0 Å². The van der Waals surface area contributed by atoms with E-state index >= 15 is 0 Å². The molecule has 2 saturated heterocycles. The Morgan fingerprint density at radius 1 is 1.02 bits per heavy atom. The molecule has 0 aromatic rings. The number of fused-ring (bicyclic) bond motifs is 3. The van der Waals surface area contributed by atoms with E-state index in [1.54, 1.807) is 0 Å². The number of ether oxygens (including phenoxy) is 4. The van der Waals surface area contributed by atoms with E-state index in [1.165, 1.54) is 12.5 Å². The average Bonchev–Trinajstić information content (AvgIpc) is 3.52. The zero-order chi connectivity index (χ0) is 34.9. The lowest BCUT2D eigenvalue weighted by molar-refractivity contribution is -0.262. The molecular weight excluding hydrogens is 610 g/mol. The van der Waals surface area contributed by atoms with E-state index in [0.717, 1.165) is 45.1 Å². The van der Waals surface area contributed by atoms with Gasteiger partial charge in [0, 0.05) is 30.9 Å². The van der Waals surface area contributed by atoms with Crippen LogP contribution in [0, 0.1) is 56.7 Å². The Kier molecular flexibility index (Phi) is 9.46. The number of carbonyl (C=O) groups excluding carboxylic acids is 2. The predicted octanol–water partition coefficient (Wildman–Crippen LogP) is 6.19. The maximum atomic E-state index is 13.4. The van der Waals surface area contributed by atoms with Crippen molar-refractivity contribution in [2.75, 3.05) is 32.9 Å². The Hall–Kier alpha value is -1.97. The summed E-state index contributed by atoms with van der Waals surface area (Å²) < 4.78 is 24.6. The van der Waals surface area contributed by atoms with Crippen molar-refractivity contribution in [1.82, 2.24) is 5.32 Å². The van der Waals surface area contributed by atoms with E-state index in [1.807, 2.05) is 0 Å². The molecule has 2 heterocycles. The van der Waals surface area contributed by atoms with Crippen molar-refractivity contribution >= 4 is 17.9 Å². The molecule has 48 heavy (non-hydrogen) atoms. The number of allylic oxidation sites excluding steroid dienone is 1. The van der Waals surface area contributed by atoms with Gasteiger partial charge in [0.15, 0.2) is 0 Å². The smallest absolute Gasteiger partial charge is 0.320 e. The zero-order valence-corrected chi connectivity index (χ0v) is 30.7. The van der Waals surface area contributed by atoms with Crippen molar-refractivity contribution in [2.24, 2.45) is 56.7 Å². The third-order valence-electron chi connectivity index (χ3n) is 15.3. The first-order chi connectivity index (χ1) is 22.5. The highest BCUT2D eigenvalue weighted by molar-refractivity contribution is 5.73. The Balaban J connectivity index is 1.32. The predicted molar refractivity (Wildman–Crippen MR) is 181 cm³/mol. The van der Waals surface area contributed by atoms with Gasteiger partial charge in [-0.1, -0.05) is 60.1 Å². The standard InChI is InChI=1S/C39H61NO8/c1-23(2)24(3)35(5)15-16-37(7)27-11-12-30-36(6)21-45-22-39(30,28(27)13-14-38(37,8)32(35)34(43)44)18-29(47-25(4)41)33(36)48-31(42)20-40-19-26-10-9-17-46-26/h13,23-24,26-27,29-30,32-33,40H,9-12,14-22H2,1-8H3,(H,43,44)/t24-,26?,27+,29-,30+,32-,33+,35-,36+,37-,38+,39+/m1/s1. The van der Waals surface area contributed by atoms with Crippen molar-refractivity contribution in [3.63, 3.8) is 0 Å². The average molecular weight is 672 g/mol. The Labute approximate surface area is 287 Å². The van der Waals surface area contributed by atoms with E-state index in [2.05, 4.69) is 59.9 Å². The van der Waals surface area contributed by atoms with Gasteiger partial charge in [-0.3, -0.25) is 14.4 Å². The van der Waals surface area contributed by atoms with Crippen molar-refractivity contribution in [3.8, 4) is 0 Å². The lowest BCUT2D eigenvalue weighted by atomic mass is 9.34. The SMILES string of the molecule is CC(=O)O[C@@H]1C[C@@]23COC[C@@](C)([C@@H]2CC[C@H]2C3=CC[C@@]3(C)[C@H](C(=O)O)[C@@](C)([C@H](C)C(C)C)CC[C@]23C)[C@H]1OC(=O)CNCC1CCCO1. The van der Waals surface area contributed by atoms with E-state index in [4.69, 9.17) is 18.9 Å². The second kappa shape index (κ2) is 12.7. The van der Waals surface area contributed by atoms with Gasteiger partial charge >= 0.3 is 17.9 Å². The zero-order valence-electron chi connectivity index (χ0n) is 30.7. The van der Waals surface area contributed by atoms with Gasteiger partial charge in [-0.25, -0.2) is 0 Å². The summed E-state index contributed by atoms with van der Waals surface area (Å²) in [4.78, 5) is 39.2. The van der Waals surface area contributed by atoms with Gasteiger partial charge in [-0.15, -0.1) is 0 Å². The number of hydrogen-bond donors (Lipinski definition) is 2. The summed E-state index contributed by atoms with van der Waals surface area (Å²) in [6.07, 6.45) is 8.32. The Morgan fingerprint density at radius 3 is 2.42 bits per heavy atom. The van der Waals surface area contributed by atoms with E-state index < -0.39 is 34.9 Å². The van der Waals surface area contributed by atoms with Crippen molar-refractivity contribution in [3.05, 3.63) is 11.6 Å². The van der Waals surface area contributed by atoms with Crippen LogP contribution >= 0.6 is 0 Å². The molecule has 2 aliphatic heterocycles. The lowest BCUT2D eigenvalue weighted by Crippen LogP contribution is -2.70. The summed E-state index contributed by atoms with van der Waals surface area (Å²) in [5.74, 6) is -0.801. The molecule has 5 fully saturated rings. The van der Waals surface area contributed by atoms with Crippen molar-refractivity contribution in [2.45, 2.75) is 125 Å². The van der Waals surface area contributed by atoms with E-state index in [9.17, 15) is 19.5 Å². The molecule has 0 aromatic carbocycles. The van der Waals surface area contributed by atoms with Gasteiger partial charge in [0.2, 0.25) is 0 Å². The second-order valence-corrected chi connectivity index (χ2v) is 17.9. The molecule has 2 bridgehead atoms. The fourth-order valence-corrected chi connectivity index (χ4v) is 12.4. The van der Waals surface area contributed by atoms with Crippen LogP contribution in [0.25, 0.3) is 0 Å². The van der Waals surface area contributed by atoms with Gasteiger partial charge in [-0.2, -0.15) is 0 Å². The summed E-state index contributed by atoms with van der Waals surface area (Å²) in [5, 5.41) is 14.2. The normalized spacial score (nSPS) is 45.6. The highest BCUT2D eigenvalue weighted by atomic mass is 16.6. The number of aliphatic carboxylic acids is 1. The molecular formula is C39H61NO8. The maximum absolute atomic E-state index is 13.4. The fourth-order valence-electron chi connectivity index (χ4n) is 12.4. The summed E-state index contributed by atoms with van der Waals surface area (Å²) in [6, 6.07) is 0. The van der Waals surface area contributed by atoms with Crippen molar-refractivity contribution < 1.29 is 38.4 Å². The molecule has 6 aliphatic rings. The first-order valence-electron chi connectivity index (χ1n) is 18.7. The summed E-state index contributed by atoms with van der Waals surface area (Å²) in [5.41, 5.74) is -0.470. The monoisotopic (exact) mass is 671 g/mol. The minimum Gasteiger partial charge on any atom is -0.481 e. The second-order valence-electron chi connectivity index (χ2n) is 17.9. The van der Waals surface area contributed by atoms with Crippen LogP contribution < -0.4 is 5.32 Å². The number of nitrogens with one attached hydrogen (secondary N) is 1. The molecule has 1 unspecified atom stereocenters. The van der Waals surface area contributed by atoms with Gasteiger partial charge in [0.25, 0.3) is 0 Å². The summed E-state index contributed by atoms with van der Waals surface area (Å²) in [7, 11) is 0. The number of carbonyl (C=O) groups is 3. The molecule has 0 radical (unpaired) electrons. The third-order valence-corrected chi connectivity index (χ3v) is 15.3. The first kappa shape index (κ1) is 35.8. The number of carboxylic acid groups (broad SMARTS) is 1. The minimum absolute atomic E-state index is 0.0686. The molecule has 3 saturated carbocycles. The molecule has 9 heteroatoms. The van der Waals surface area contributed by atoms with Crippen LogP contribution in [0.1, 0.15) is 107 Å². The first-order valence-corrected chi connectivity index (χ1v) is 18.7. The van der Waals surface area contributed by atoms with Crippen LogP contribution in [0.15, 0.2) is 11.6 Å². The van der Waals surface area contributed by atoms with Crippen LogP contribution in [-0.2, 0) is 33.3 Å². The largest absolute Gasteiger partial charge is 0.481 e. The molecule has 0 amide bonds. The molecule has 12 atom stereocenters. The minimum atomic E-state index is -0.668. The molecule has 9 nitrogen and oxygen atoms in total. The molecule has 270 valence electrons. The highest BCUT2D eigenvalue weighted by Gasteiger charge is 2.72. The van der Waals surface area contributed by atoms with Crippen LogP contribution in [0.4, 0.5) is 0 Å². The molecule has 6 rings (SSSR count). The summed E-state index contributed by atoms with van der Waals surface area (Å²) >= 11 is 0. The van der Waals surface area contributed by atoms with E-state index in [0.29, 0.717) is 38.5 Å². The Bertz CT molecular complexity index is 1310. The maximum Gasteiger partial charge on any atom is 0.320 e.